The highest BCUT2D eigenvalue weighted by Crippen LogP contribution is 2.39. The molecule has 5 nitrogen and oxygen atoms in total. The van der Waals surface area contributed by atoms with Crippen LogP contribution in [0.15, 0.2) is 0 Å². The van der Waals surface area contributed by atoms with Crippen molar-refractivity contribution < 1.29 is 14.7 Å². The fraction of sp³-hybridized carbons (Fsp3) is 0.846. The van der Waals surface area contributed by atoms with E-state index in [0.717, 1.165) is 12.8 Å². The van der Waals surface area contributed by atoms with Crippen LogP contribution in [0.5, 0.6) is 0 Å². The van der Waals surface area contributed by atoms with Crippen LogP contribution in [0.25, 0.3) is 0 Å². The standard InChI is InChI=1S/C13H24N2O3/c1-5-8(2)10(11(16)17)14-12(18)15-13(3,4)9-6-7-9/h8-10H,5-7H2,1-4H3,(H,16,17)(H2,14,15,18)/t8-,10-/m0/s1. The first-order valence-corrected chi connectivity index (χ1v) is 6.59. The molecule has 0 aliphatic heterocycles. The Morgan fingerprint density at radius 3 is 2.33 bits per heavy atom. The lowest BCUT2D eigenvalue weighted by atomic mass is 9.98. The van der Waals surface area contributed by atoms with Gasteiger partial charge in [-0.1, -0.05) is 20.3 Å². The number of hydrogen-bond donors (Lipinski definition) is 3. The van der Waals surface area contributed by atoms with Gasteiger partial charge in [-0.05, 0) is 38.5 Å². The van der Waals surface area contributed by atoms with Gasteiger partial charge in [0.2, 0.25) is 0 Å². The minimum absolute atomic E-state index is 0.0858. The van der Waals surface area contributed by atoms with E-state index < -0.39 is 12.0 Å². The summed E-state index contributed by atoms with van der Waals surface area (Å²) in [4.78, 5) is 22.9. The van der Waals surface area contributed by atoms with E-state index in [9.17, 15) is 9.59 Å². The summed E-state index contributed by atoms with van der Waals surface area (Å²) < 4.78 is 0. The van der Waals surface area contributed by atoms with Crippen LogP contribution in [0, 0.1) is 11.8 Å². The molecule has 0 aromatic rings. The number of urea groups is 1. The summed E-state index contributed by atoms with van der Waals surface area (Å²) in [6.07, 6.45) is 2.96. The van der Waals surface area contributed by atoms with E-state index in [4.69, 9.17) is 5.11 Å². The van der Waals surface area contributed by atoms with Crippen molar-refractivity contribution in [2.75, 3.05) is 0 Å². The molecule has 0 spiro atoms. The molecule has 0 unspecified atom stereocenters. The zero-order valence-electron chi connectivity index (χ0n) is 11.6. The van der Waals surface area contributed by atoms with Crippen molar-refractivity contribution in [3.8, 4) is 0 Å². The predicted octanol–water partition coefficient (Wildman–Crippen LogP) is 1.97. The van der Waals surface area contributed by atoms with Crippen molar-refractivity contribution in [2.24, 2.45) is 11.8 Å². The maximum absolute atomic E-state index is 11.8. The van der Waals surface area contributed by atoms with Crippen LogP contribution in [0.3, 0.4) is 0 Å². The Bertz CT molecular complexity index is 324. The van der Waals surface area contributed by atoms with E-state index in [2.05, 4.69) is 10.6 Å². The topological polar surface area (TPSA) is 78.4 Å². The van der Waals surface area contributed by atoms with E-state index in [1.165, 1.54) is 0 Å². The van der Waals surface area contributed by atoms with Crippen molar-refractivity contribution in [1.82, 2.24) is 10.6 Å². The second kappa shape index (κ2) is 5.59. The average molecular weight is 256 g/mol. The van der Waals surface area contributed by atoms with Crippen LogP contribution < -0.4 is 10.6 Å². The van der Waals surface area contributed by atoms with Crippen molar-refractivity contribution in [2.45, 2.75) is 58.5 Å². The number of hydrogen-bond acceptors (Lipinski definition) is 2. The Kier molecular flexibility index (Phi) is 4.59. The summed E-state index contributed by atoms with van der Waals surface area (Å²) in [6, 6.07) is -1.22. The third-order valence-corrected chi connectivity index (χ3v) is 3.80. The van der Waals surface area contributed by atoms with Gasteiger partial charge in [0.1, 0.15) is 6.04 Å². The van der Waals surface area contributed by atoms with Crippen LogP contribution >= 0.6 is 0 Å². The van der Waals surface area contributed by atoms with Gasteiger partial charge in [-0.3, -0.25) is 0 Å². The molecule has 0 bridgehead atoms. The molecule has 0 aromatic heterocycles. The average Bonchev–Trinajstić information content (AvgIpc) is 3.07. The number of carbonyl (C=O) groups excluding carboxylic acids is 1. The molecule has 2 amide bonds. The minimum Gasteiger partial charge on any atom is -0.480 e. The molecule has 1 rings (SSSR count). The molecule has 5 heteroatoms. The van der Waals surface area contributed by atoms with Crippen molar-refractivity contribution in [1.29, 1.82) is 0 Å². The Morgan fingerprint density at radius 1 is 1.39 bits per heavy atom. The first kappa shape index (κ1) is 14.8. The van der Waals surface area contributed by atoms with Gasteiger partial charge in [0.25, 0.3) is 0 Å². The Balaban J connectivity index is 2.53. The summed E-state index contributed by atoms with van der Waals surface area (Å²) >= 11 is 0. The van der Waals surface area contributed by atoms with Gasteiger partial charge in [-0.25, -0.2) is 9.59 Å². The van der Waals surface area contributed by atoms with E-state index >= 15 is 0 Å². The highest BCUT2D eigenvalue weighted by atomic mass is 16.4. The number of carbonyl (C=O) groups is 2. The van der Waals surface area contributed by atoms with Gasteiger partial charge in [-0.2, -0.15) is 0 Å². The van der Waals surface area contributed by atoms with Gasteiger partial charge < -0.3 is 15.7 Å². The fourth-order valence-electron chi connectivity index (χ4n) is 2.06. The van der Waals surface area contributed by atoms with Gasteiger partial charge in [0, 0.05) is 5.54 Å². The number of amides is 2. The molecule has 1 saturated carbocycles. The number of carboxylic acid groups (broad SMARTS) is 1. The summed E-state index contributed by atoms with van der Waals surface area (Å²) in [6.45, 7) is 7.69. The third-order valence-electron chi connectivity index (χ3n) is 3.80. The monoisotopic (exact) mass is 256 g/mol. The molecule has 104 valence electrons. The SMILES string of the molecule is CC[C@H](C)[C@H](NC(=O)NC(C)(C)C1CC1)C(=O)O. The molecule has 1 aliphatic carbocycles. The first-order chi connectivity index (χ1) is 8.27. The Hall–Kier alpha value is -1.26. The molecule has 18 heavy (non-hydrogen) atoms. The smallest absolute Gasteiger partial charge is 0.326 e. The molecular weight excluding hydrogens is 232 g/mol. The molecule has 3 N–H and O–H groups in total. The predicted molar refractivity (Wildman–Crippen MR) is 69.3 cm³/mol. The number of carboxylic acids is 1. The quantitative estimate of drug-likeness (QED) is 0.680. The second-order valence-electron chi connectivity index (χ2n) is 5.80. The van der Waals surface area contributed by atoms with E-state index in [0.29, 0.717) is 12.3 Å². The van der Waals surface area contributed by atoms with Crippen molar-refractivity contribution in [3.63, 3.8) is 0 Å². The largest absolute Gasteiger partial charge is 0.480 e. The zero-order valence-corrected chi connectivity index (χ0v) is 11.6. The fourth-order valence-corrected chi connectivity index (χ4v) is 2.06. The van der Waals surface area contributed by atoms with Crippen LogP contribution in [-0.2, 0) is 4.79 Å². The maximum atomic E-state index is 11.8. The maximum Gasteiger partial charge on any atom is 0.326 e. The molecule has 1 aliphatic rings. The van der Waals surface area contributed by atoms with Crippen LogP contribution in [0.4, 0.5) is 4.79 Å². The second-order valence-corrected chi connectivity index (χ2v) is 5.80. The molecule has 2 atom stereocenters. The summed E-state index contributed by atoms with van der Waals surface area (Å²) in [5.74, 6) is -0.559. The number of nitrogens with one attached hydrogen (secondary N) is 2. The van der Waals surface area contributed by atoms with Gasteiger partial charge in [0.05, 0.1) is 0 Å². The van der Waals surface area contributed by atoms with Crippen molar-refractivity contribution >= 4 is 12.0 Å². The van der Waals surface area contributed by atoms with E-state index in [1.54, 1.807) is 0 Å². The molecular formula is C13H24N2O3. The third kappa shape index (κ3) is 3.89. The Labute approximate surface area is 108 Å². The normalized spacial score (nSPS) is 18.9. The van der Waals surface area contributed by atoms with E-state index in [-0.39, 0.29) is 17.5 Å². The number of rotatable bonds is 6. The highest BCUT2D eigenvalue weighted by Gasteiger charge is 2.39. The lowest BCUT2D eigenvalue weighted by molar-refractivity contribution is -0.140. The lowest BCUT2D eigenvalue weighted by Gasteiger charge is -2.28. The van der Waals surface area contributed by atoms with Gasteiger partial charge in [0.15, 0.2) is 0 Å². The van der Waals surface area contributed by atoms with Crippen molar-refractivity contribution in [3.05, 3.63) is 0 Å². The van der Waals surface area contributed by atoms with Gasteiger partial charge in [-0.15, -0.1) is 0 Å². The van der Waals surface area contributed by atoms with Crippen LogP contribution in [0.1, 0.15) is 47.0 Å². The highest BCUT2D eigenvalue weighted by molar-refractivity contribution is 5.83. The van der Waals surface area contributed by atoms with Crippen LogP contribution in [-0.4, -0.2) is 28.7 Å². The summed E-state index contributed by atoms with van der Waals surface area (Å²) in [7, 11) is 0. The molecule has 0 saturated heterocycles. The molecule has 0 heterocycles. The molecule has 0 radical (unpaired) electrons. The summed E-state index contributed by atoms with van der Waals surface area (Å²) in [5.41, 5.74) is -0.261. The Morgan fingerprint density at radius 2 is 1.94 bits per heavy atom. The van der Waals surface area contributed by atoms with E-state index in [1.807, 2.05) is 27.7 Å². The number of aliphatic carboxylic acids is 1. The van der Waals surface area contributed by atoms with Crippen LogP contribution in [0.2, 0.25) is 0 Å². The van der Waals surface area contributed by atoms with Gasteiger partial charge >= 0.3 is 12.0 Å². The first-order valence-electron chi connectivity index (χ1n) is 6.59. The zero-order chi connectivity index (χ0) is 13.9. The lowest BCUT2D eigenvalue weighted by Crippen LogP contribution is -2.55. The summed E-state index contributed by atoms with van der Waals surface area (Å²) in [5, 5.41) is 14.5. The molecule has 1 fully saturated rings. The minimum atomic E-state index is -0.983. The molecule has 0 aromatic carbocycles.